The summed E-state index contributed by atoms with van der Waals surface area (Å²) in [6.07, 6.45) is 1.58. The van der Waals surface area contributed by atoms with Crippen LogP contribution in [-0.2, 0) is 24.3 Å². The number of nitrogens with zero attached hydrogens (tertiary/aromatic N) is 3. The predicted octanol–water partition coefficient (Wildman–Crippen LogP) is 1.34. The predicted molar refractivity (Wildman–Crippen MR) is 68.0 cm³/mol. The van der Waals surface area contributed by atoms with Crippen molar-refractivity contribution in [1.82, 2.24) is 15.0 Å². The van der Waals surface area contributed by atoms with Gasteiger partial charge in [-0.05, 0) is 17.7 Å². The van der Waals surface area contributed by atoms with Gasteiger partial charge in [0.2, 0.25) is 0 Å². The molecule has 1 aromatic heterocycles. The first kappa shape index (κ1) is 13.6. The molecule has 2 rings (SSSR count). The zero-order valence-electron chi connectivity index (χ0n) is 10.0. The number of aromatic nitrogens is 3. The van der Waals surface area contributed by atoms with E-state index in [1.165, 1.54) is 16.8 Å². The Bertz CT molecular complexity index is 599. The van der Waals surface area contributed by atoms with Gasteiger partial charge in [0.25, 0.3) is 0 Å². The van der Waals surface area contributed by atoms with Crippen molar-refractivity contribution in [1.29, 1.82) is 0 Å². The molecule has 1 heterocycles. The van der Waals surface area contributed by atoms with Gasteiger partial charge in [-0.25, -0.2) is 9.07 Å². The third-order valence-electron chi connectivity index (χ3n) is 2.54. The van der Waals surface area contributed by atoms with E-state index in [1.54, 1.807) is 12.3 Å². The fourth-order valence-corrected chi connectivity index (χ4v) is 1.78. The molecule has 0 saturated carbocycles. The van der Waals surface area contributed by atoms with Gasteiger partial charge in [0, 0.05) is 18.0 Å². The van der Waals surface area contributed by atoms with Crippen LogP contribution in [0.4, 0.5) is 4.39 Å². The van der Waals surface area contributed by atoms with Crippen molar-refractivity contribution < 1.29 is 9.18 Å². The van der Waals surface area contributed by atoms with E-state index < -0.39 is 5.82 Å². The summed E-state index contributed by atoms with van der Waals surface area (Å²) < 4.78 is 14.9. The summed E-state index contributed by atoms with van der Waals surface area (Å²) in [5.41, 5.74) is 6.30. The van der Waals surface area contributed by atoms with Crippen molar-refractivity contribution >= 4 is 17.4 Å². The van der Waals surface area contributed by atoms with E-state index in [9.17, 15) is 9.18 Å². The molecule has 0 bridgehead atoms. The minimum absolute atomic E-state index is 0.0131. The lowest BCUT2D eigenvalue weighted by Crippen LogP contribution is -2.14. The van der Waals surface area contributed by atoms with E-state index >= 15 is 0 Å². The van der Waals surface area contributed by atoms with Gasteiger partial charge < -0.3 is 5.73 Å². The van der Waals surface area contributed by atoms with E-state index in [0.29, 0.717) is 16.3 Å². The van der Waals surface area contributed by atoms with Gasteiger partial charge in [-0.15, -0.1) is 5.10 Å². The number of Topliss-reactive ketones (excluding diaryl/α,β-unsaturated/α-hetero) is 1. The molecule has 0 atom stereocenters. The first-order chi connectivity index (χ1) is 9.08. The molecule has 7 heteroatoms. The van der Waals surface area contributed by atoms with Crippen LogP contribution in [0.2, 0.25) is 5.02 Å². The topological polar surface area (TPSA) is 73.8 Å². The van der Waals surface area contributed by atoms with Crippen LogP contribution in [0.1, 0.15) is 11.3 Å². The number of hydrogen-bond donors (Lipinski definition) is 1. The normalized spacial score (nSPS) is 10.7. The zero-order chi connectivity index (χ0) is 13.8. The van der Waals surface area contributed by atoms with E-state index in [-0.39, 0.29) is 25.3 Å². The Labute approximate surface area is 114 Å². The highest BCUT2D eigenvalue weighted by Crippen LogP contribution is 2.15. The van der Waals surface area contributed by atoms with Gasteiger partial charge in [0.1, 0.15) is 12.4 Å². The summed E-state index contributed by atoms with van der Waals surface area (Å²) in [4.78, 5) is 11.8. The Hall–Kier alpha value is -1.79. The van der Waals surface area contributed by atoms with Crippen molar-refractivity contribution in [2.45, 2.75) is 19.5 Å². The average molecular weight is 283 g/mol. The van der Waals surface area contributed by atoms with Crippen molar-refractivity contribution in [3.8, 4) is 0 Å². The lowest BCUT2D eigenvalue weighted by Gasteiger charge is -2.03. The highest BCUT2D eigenvalue weighted by atomic mass is 35.5. The smallest absolute Gasteiger partial charge is 0.158 e. The zero-order valence-corrected chi connectivity index (χ0v) is 10.8. The van der Waals surface area contributed by atoms with Crippen molar-refractivity contribution in [2.75, 3.05) is 0 Å². The number of halogens is 2. The maximum atomic E-state index is 13.5. The number of ketones is 1. The summed E-state index contributed by atoms with van der Waals surface area (Å²) >= 11 is 5.64. The van der Waals surface area contributed by atoms with Gasteiger partial charge in [0.15, 0.2) is 5.78 Å². The molecule has 2 aromatic rings. The van der Waals surface area contributed by atoms with Gasteiger partial charge in [-0.1, -0.05) is 22.9 Å². The number of carbonyl (C=O) groups is 1. The minimum atomic E-state index is -0.484. The van der Waals surface area contributed by atoms with E-state index in [0.717, 1.165) is 0 Å². The molecular formula is C12H12ClFN4O. The first-order valence-corrected chi connectivity index (χ1v) is 6.01. The molecular weight excluding hydrogens is 271 g/mol. The highest BCUT2D eigenvalue weighted by molar-refractivity contribution is 6.30. The maximum absolute atomic E-state index is 13.5. The Morgan fingerprint density at radius 3 is 2.89 bits per heavy atom. The molecule has 0 amide bonds. The molecule has 0 aliphatic rings. The standard InChI is InChI=1S/C12H12ClFN4O/c13-9-2-1-8(12(14)4-9)3-11(19)7-18-6-10(5-15)16-17-18/h1-2,4,6H,3,5,7,15H2. The highest BCUT2D eigenvalue weighted by Gasteiger charge is 2.10. The van der Waals surface area contributed by atoms with Crippen LogP contribution >= 0.6 is 11.6 Å². The lowest BCUT2D eigenvalue weighted by molar-refractivity contribution is -0.119. The monoisotopic (exact) mass is 282 g/mol. The summed E-state index contributed by atoms with van der Waals surface area (Å²) in [6, 6.07) is 4.24. The van der Waals surface area contributed by atoms with E-state index in [1.807, 2.05) is 0 Å². The molecule has 0 spiro atoms. The Kier molecular flexibility index (Phi) is 4.24. The second-order valence-electron chi connectivity index (χ2n) is 4.06. The fourth-order valence-electron chi connectivity index (χ4n) is 1.62. The average Bonchev–Trinajstić information content (AvgIpc) is 2.80. The maximum Gasteiger partial charge on any atom is 0.158 e. The van der Waals surface area contributed by atoms with Crippen LogP contribution in [0.15, 0.2) is 24.4 Å². The molecule has 19 heavy (non-hydrogen) atoms. The van der Waals surface area contributed by atoms with Gasteiger partial charge in [0.05, 0.1) is 11.9 Å². The van der Waals surface area contributed by atoms with Crippen LogP contribution in [0, 0.1) is 5.82 Å². The quantitative estimate of drug-likeness (QED) is 0.898. The molecule has 0 unspecified atom stereocenters. The summed E-state index contributed by atoms with van der Waals surface area (Å²) in [5, 5.41) is 7.83. The second kappa shape index (κ2) is 5.90. The third-order valence-corrected chi connectivity index (χ3v) is 2.77. The van der Waals surface area contributed by atoms with Gasteiger partial charge in [-0.2, -0.15) is 0 Å². The van der Waals surface area contributed by atoms with Crippen molar-refractivity contribution in [2.24, 2.45) is 5.73 Å². The Balaban J connectivity index is 2.01. The summed E-state index contributed by atoms with van der Waals surface area (Å²) in [7, 11) is 0. The molecule has 0 radical (unpaired) electrons. The number of hydrogen-bond acceptors (Lipinski definition) is 4. The van der Waals surface area contributed by atoms with Crippen LogP contribution in [0.25, 0.3) is 0 Å². The third kappa shape index (κ3) is 3.59. The molecule has 0 aliphatic carbocycles. The van der Waals surface area contributed by atoms with Crippen LogP contribution < -0.4 is 5.73 Å². The van der Waals surface area contributed by atoms with Crippen LogP contribution in [-0.4, -0.2) is 20.8 Å². The van der Waals surface area contributed by atoms with Gasteiger partial charge >= 0.3 is 0 Å². The Morgan fingerprint density at radius 2 is 2.26 bits per heavy atom. The summed E-state index contributed by atoms with van der Waals surface area (Å²) in [6.45, 7) is 0.301. The molecule has 0 aliphatic heterocycles. The Morgan fingerprint density at radius 1 is 1.47 bits per heavy atom. The largest absolute Gasteiger partial charge is 0.325 e. The number of carbonyl (C=O) groups excluding carboxylic acids is 1. The van der Waals surface area contributed by atoms with Crippen molar-refractivity contribution in [3.05, 3.63) is 46.5 Å². The number of benzene rings is 1. The van der Waals surface area contributed by atoms with Crippen LogP contribution in [0.3, 0.4) is 0 Å². The number of rotatable bonds is 5. The molecule has 0 saturated heterocycles. The molecule has 100 valence electrons. The lowest BCUT2D eigenvalue weighted by atomic mass is 10.1. The summed E-state index contributed by atoms with van der Waals surface area (Å²) in [5.74, 6) is -0.656. The van der Waals surface area contributed by atoms with Crippen LogP contribution in [0.5, 0.6) is 0 Å². The second-order valence-corrected chi connectivity index (χ2v) is 4.50. The first-order valence-electron chi connectivity index (χ1n) is 5.63. The fraction of sp³-hybridized carbons (Fsp3) is 0.250. The van der Waals surface area contributed by atoms with E-state index in [4.69, 9.17) is 17.3 Å². The molecule has 2 N–H and O–H groups in total. The minimum Gasteiger partial charge on any atom is -0.325 e. The molecule has 0 fully saturated rings. The van der Waals surface area contributed by atoms with E-state index in [2.05, 4.69) is 10.3 Å². The molecule has 1 aromatic carbocycles. The van der Waals surface area contributed by atoms with Gasteiger partial charge in [-0.3, -0.25) is 4.79 Å². The molecule has 5 nitrogen and oxygen atoms in total. The van der Waals surface area contributed by atoms with Crippen molar-refractivity contribution in [3.63, 3.8) is 0 Å². The SMILES string of the molecule is NCc1cn(CC(=O)Cc2ccc(Cl)cc2F)nn1. The number of nitrogens with two attached hydrogens (primary N) is 1.